The minimum absolute atomic E-state index is 0.749. The first kappa shape index (κ1) is 10.7. The van der Waals surface area contributed by atoms with E-state index in [1.165, 1.54) is 25.7 Å². The maximum Gasteiger partial charge on any atom is -0.0165 e. The van der Waals surface area contributed by atoms with Crippen molar-refractivity contribution in [1.82, 2.24) is 0 Å². The van der Waals surface area contributed by atoms with E-state index in [0.717, 1.165) is 17.8 Å². The molecule has 0 aromatic heterocycles. The van der Waals surface area contributed by atoms with Crippen molar-refractivity contribution in [1.29, 1.82) is 0 Å². The molecule has 0 saturated carbocycles. The van der Waals surface area contributed by atoms with Gasteiger partial charge in [0.05, 0.1) is 0 Å². The summed E-state index contributed by atoms with van der Waals surface area (Å²) in [7, 11) is 0. The molecule has 2 aliphatic carbocycles. The summed E-state index contributed by atoms with van der Waals surface area (Å²) in [6.45, 7) is 4.72. The lowest BCUT2D eigenvalue weighted by molar-refractivity contribution is 0.391. The lowest BCUT2D eigenvalue weighted by atomic mass is 9.77. The summed E-state index contributed by atoms with van der Waals surface area (Å²) in [6, 6.07) is 0. The van der Waals surface area contributed by atoms with Gasteiger partial charge in [-0.1, -0.05) is 49.8 Å². The lowest BCUT2D eigenvalue weighted by Gasteiger charge is -2.28. The van der Waals surface area contributed by atoms with Crippen molar-refractivity contribution >= 4 is 0 Å². The molecule has 0 heteroatoms. The Balaban J connectivity index is 2.01. The van der Waals surface area contributed by atoms with E-state index in [2.05, 4.69) is 44.2 Å². The zero-order chi connectivity index (χ0) is 10.7. The van der Waals surface area contributed by atoms with Crippen LogP contribution in [-0.4, -0.2) is 0 Å². The number of hydrogen-bond donors (Lipinski definition) is 0. The van der Waals surface area contributed by atoms with Gasteiger partial charge >= 0.3 is 0 Å². The van der Waals surface area contributed by atoms with Gasteiger partial charge in [-0.05, 0) is 43.4 Å². The van der Waals surface area contributed by atoms with E-state index in [1.54, 1.807) is 5.57 Å². The van der Waals surface area contributed by atoms with Gasteiger partial charge in [-0.25, -0.2) is 0 Å². The average Bonchev–Trinajstić information content (AvgIpc) is 2.30. The summed E-state index contributed by atoms with van der Waals surface area (Å²) < 4.78 is 0. The Hall–Kier alpha value is -0.780. The van der Waals surface area contributed by atoms with Crippen molar-refractivity contribution in [3.8, 4) is 0 Å². The zero-order valence-corrected chi connectivity index (χ0v) is 9.95. The van der Waals surface area contributed by atoms with Crippen molar-refractivity contribution in [2.75, 3.05) is 0 Å². The molecule has 82 valence electrons. The van der Waals surface area contributed by atoms with Gasteiger partial charge < -0.3 is 0 Å². The largest absolute Gasteiger partial charge is 0.0854 e. The molecule has 0 amide bonds. The zero-order valence-electron chi connectivity index (χ0n) is 9.95. The Kier molecular flexibility index (Phi) is 3.45. The molecule has 15 heavy (non-hydrogen) atoms. The molecule has 0 N–H and O–H groups in total. The molecule has 0 heterocycles. The van der Waals surface area contributed by atoms with Gasteiger partial charge in [0.2, 0.25) is 0 Å². The molecule has 0 saturated heterocycles. The average molecular weight is 202 g/mol. The van der Waals surface area contributed by atoms with Crippen LogP contribution in [0.2, 0.25) is 0 Å². The van der Waals surface area contributed by atoms with E-state index in [-0.39, 0.29) is 0 Å². The molecule has 2 rings (SSSR count). The topological polar surface area (TPSA) is 0 Å². The minimum atomic E-state index is 0.749. The normalized spacial score (nSPS) is 32.5. The Morgan fingerprint density at radius 2 is 2.13 bits per heavy atom. The van der Waals surface area contributed by atoms with Crippen molar-refractivity contribution in [3.63, 3.8) is 0 Å². The summed E-state index contributed by atoms with van der Waals surface area (Å²) in [4.78, 5) is 0. The lowest BCUT2D eigenvalue weighted by Crippen LogP contribution is -2.16. The summed E-state index contributed by atoms with van der Waals surface area (Å²) in [5.74, 6) is 2.34. The van der Waals surface area contributed by atoms with Crippen LogP contribution in [0.5, 0.6) is 0 Å². The van der Waals surface area contributed by atoms with Gasteiger partial charge in [0, 0.05) is 0 Å². The highest BCUT2D eigenvalue weighted by Gasteiger charge is 2.21. The molecule has 0 radical (unpaired) electrons. The van der Waals surface area contributed by atoms with Crippen molar-refractivity contribution in [2.45, 2.75) is 39.5 Å². The highest BCUT2D eigenvalue weighted by Crippen LogP contribution is 2.33. The third-order valence-electron chi connectivity index (χ3n) is 3.92. The van der Waals surface area contributed by atoms with Gasteiger partial charge in [-0.3, -0.25) is 0 Å². The van der Waals surface area contributed by atoms with Crippen molar-refractivity contribution in [2.24, 2.45) is 17.8 Å². The van der Waals surface area contributed by atoms with Gasteiger partial charge in [0.25, 0.3) is 0 Å². The Bertz CT molecular complexity index is 293. The number of rotatable bonds is 2. The van der Waals surface area contributed by atoms with E-state index < -0.39 is 0 Å². The Morgan fingerprint density at radius 3 is 2.73 bits per heavy atom. The number of hydrogen-bond acceptors (Lipinski definition) is 0. The maximum atomic E-state index is 2.46. The quantitative estimate of drug-likeness (QED) is 0.578. The molecule has 2 aliphatic rings. The third-order valence-corrected chi connectivity index (χ3v) is 3.92. The maximum absolute atomic E-state index is 2.46. The molecule has 3 atom stereocenters. The van der Waals surface area contributed by atoms with E-state index in [1.807, 2.05) is 0 Å². The summed E-state index contributed by atoms with van der Waals surface area (Å²) >= 11 is 0. The fourth-order valence-electron chi connectivity index (χ4n) is 2.67. The summed E-state index contributed by atoms with van der Waals surface area (Å²) in [5.41, 5.74) is 1.65. The van der Waals surface area contributed by atoms with E-state index in [4.69, 9.17) is 0 Å². The van der Waals surface area contributed by atoms with E-state index in [0.29, 0.717) is 0 Å². The third kappa shape index (κ3) is 2.62. The molecule has 0 fully saturated rings. The van der Waals surface area contributed by atoms with Gasteiger partial charge in [-0.2, -0.15) is 0 Å². The second kappa shape index (κ2) is 4.83. The fourth-order valence-corrected chi connectivity index (χ4v) is 2.67. The second-order valence-corrected chi connectivity index (χ2v) is 5.10. The predicted molar refractivity (Wildman–Crippen MR) is 66.6 cm³/mol. The Morgan fingerprint density at radius 1 is 1.27 bits per heavy atom. The highest BCUT2D eigenvalue weighted by atomic mass is 14.3. The molecule has 0 bridgehead atoms. The van der Waals surface area contributed by atoms with Crippen LogP contribution in [0, 0.1) is 17.8 Å². The van der Waals surface area contributed by atoms with Crippen LogP contribution in [-0.2, 0) is 0 Å². The standard InChI is InChI=1S/C15H22/c1-12-8-10-15(11-9-12)13(2)14-6-4-3-5-7-14/h3-4,6,8,10,12-13,15H,5,7,9,11H2,1-2H3. The molecule has 0 aromatic carbocycles. The van der Waals surface area contributed by atoms with E-state index >= 15 is 0 Å². The molecule has 0 aromatic rings. The molecule has 0 aliphatic heterocycles. The monoisotopic (exact) mass is 202 g/mol. The fraction of sp³-hybridized carbons (Fsp3) is 0.600. The Labute approximate surface area is 93.8 Å². The number of allylic oxidation sites excluding steroid dienone is 6. The first-order valence-electron chi connectivity index (χ1n) is 6.31. The van der Waals surface area contributed by atoms with Crippen molar-refractivity contribution < 1.29 is 0 Å². The van der Waals surface area contributed by atoms with Crippen LogP contribution >= 0.6 is 0 Å². The van der Waals surface area contributed by atoms with Gasteiger partial charge in [0.15, 0.2) is 0 Å². The van der Waals surface area contributed by atoms with Gasteiger partial charge in [-0.15, -0.1) is 0 Å². The minimum Gasteiger partial charge on any atom is -0.0854 e. The van der Waals surface area contributed by atoms with Crippen molar-refractivity contribution in [3.05, 3.63) is 36.0 Å². The molecular weight excluding hydrogens is 180 g/mol. The highest BCUT2D eigenvalue weighted by molar-refractivity contribution is 5.21. The molecule has 0 nitrogen and oxygen atoms in total. The molecule has 0 spiro atoms. The van der Waals surface area contributed by atoms with E-state index in [9.17, 15) is 0 Å². The van der Waals surface area contributed by atoms with Crippen LogP contribution in [0.3, 0.4) is 0 Å². The van der Waals surface area contributed by atoms with Crippen LogP contribution in [0.25, 0.3) is 0 Å². The second-order valence-electron chi connectivity index (χ2n) is 5.10. The molecule has 3 unspecified atom stereocenters. The summed E-state index contributed by atoms with van der Waals surface area (Å²) in [5, 5.41) is 0. The van der Waals surface area contributed by atoms with Crippen LogP contribution in [0.4, 0.5) is 0 Å². The summed E-state index contributed by atoms with van der Waals surface area (Å²) in [6.07, 6.45) is 17.0. The first-order chi connectivity index (χ1) is 7.27. The van der Waals surface area contributed by atoms with Crippen LogP contribution in [0.1, 0.15) is 39.5 Å². The van der Waals surface area contributed by atoms with Crippen LogP contribution < -0.4 is 0 Å². The van der Waals surface area contributed by atoms with Gasteiger partial charge in [0.1, 0.15) is 0 Å². The first-order valence-corrected chi connectivity index (χ1v) is 6.31. The van der Waals surface area contributed by atoms with Crippen LogP contribution in [0.15, 0.2) is 36.0 Å². The predicted octanol–water partition coefficient (Wildman–Crippen LogP) is 4.50. The SMILES string of the molecule is CC1C=CC(C(C)C2=CC=CCC2)CC1. The molecular formula is C15H22. The smallest absolute Gasteiger partial charge is 0.0165 e.